The molecule has 32 heavy (non-hydrogen) atoms. The zero-order chi connectivity index (χ0) is 22.9. The summed E-state index contributed by atoms with van der Waals surface area (Å²) in [6.45, 7) is 3.53. The van der Waals surface area contributed by atoms with Crippen molar-refractivity contribution in [1.29, 1.82) is 0 Å². The van der Waals surface area contributed by atoms with Crippen molar-refractivity contribution in [3.63, 3.8) is 0 Å². The van der Waals surface area contributed by atoms with Gasteiger partial charge in [0.25, 0.3) is 15.9 Å². The highest BCUT2D eigenvalue weighted by atomic mass is 35.5. The highest BCUT2D eigenvalue weighted by Crippen LogP contribution is 2.25. The standard InChI is InChI=1S/C22H24ClN5O3S/c1-16-6-8-18(9-7-16)24-21(29)20-15-26(2)25-22(20)32(30,31)28-12-10-27(11-13-28)19-5-3-4-17(23)14-19/h3-9,14-15H,10-13H2,1-2H3,(H,24,29). The average Bonchev–Trinajstić information content (AvgIpc) is 3.18. The number of sulfonamides is 1. The van der Waals surface area contributed by atoms with E-state index in [4.69, 9.17) is 11.6 Å². The van der Waals surface area contributed by atoms with E-state index in [0.29, 0.717) is 23.8 Å². The third kappa shape index (κ3) is 4.64. The van der Waals surface area contributed by atoms with Crippen molar-refractivity contribution in [2.75, 3.05) is 36.4 Å². The van der Waals surface area contributed by atoms with E-state index in [1.54, 1.807) is 25.2 Å². The number of anilines is 2. The molecule has 1 saturated heterocycles. The van der Waals surface area contributed by atoms with Crippen LogP contribution in [0.1, 0.15) is 15.9 Å². The number of aromatic nitrogens is 2. The van der Waals surface area contributed by atoms with E-state index in [1.807, 2.05) is 37.3 Å². The van der Waals surface area contributed by atoms with E-state index in [1.165, 1.54) is 15.2 Å². The summed E-state index contributed by atoms with van der Waals surface area (Å²) in [6, 6.07) is 14.8. The molecule has 4 rings (SSSR count). The van der Waals surface area contributed by atoms with E-state index >= 15 is 0 Å². The molecule has 2 aromatic carbocycles. The molecule has 1 N–H and O–H groups in total. The lowest BCUT2D eigenvalue weighted by atomic mass is 10.2. The minimum Gasteiger partial charge on any atom is -0.369 e. The molecule has 0 spiro atoms. The molecule has 0 radical (unpaired) electrons. The van der Waals surface area contributed by atoms with Crippen LogP contribution in [0.5, 0.6) is 0 Å². The molecule has 1 amide bonds. The summed E-state index contributed by atoms with van der Waals surface area (Å²) in [7, 11) is -2.35. The highest BCUT2D eigenvalue weighted by Gasteiger charge is 2.34. The molecule has 3 aromatic rings. The van der Waals surface area contributed by atoms with E-state index in [9.17, 15) is 13.2 Å². The summed E-state index contributed by atoms with van der Waals surface area (Å²) in [6.07, 6.45) is 1.43. The predicted molar refractivity (Wildman–Crippen MR) is 125 cm³/mol. The van der Waals surface area contributed by atoms with Crippen LogP contribution in [0, 0.1) is 6.92 Å². The molecule has 0 unspecified atom stereocenters. The smallest absolute Gasteiger partial charge is 0.263 e. The number of benzene rings is 2. The van der Waals surface area contributed by atoms with Crippen LogP contribution in [0.15, 0.2) is 59.8 Å². The van der Waals surface area contributed by atoms with Gasteiger partial charge in [0.15, 0.2) is 0 Å². The van der Waals surface area contributed by atoms with Gasteiger partial charge >= 0.3 is 0 Å². The zero-order valence-corrected chi connectivity index (χ0v) is 19.4. The number of nitrogens with one attached hydrogen (secondary N) is 1. The van der Waals surface area contributed by atoms with Gasteiger partial charge in [0, 0.05) is 55.8 Å². The molecule has 10 heteroatoms. The van der Waals surface area contributed by atoms with Gasteiger partial charge in [-0.1, -0.05) is 35.4 Å². The molecule has 2 heterocycles. The maximum atomic E-state index is 13.4. The fourth-order valence-corrected chi connectivity index (χ4v) is 5.36. The number of hydrogen-bond donors (Lipinski definition) is 1. The number of hydrogen-bond acceptors (Lipinski definition) is 5. The lowest BCUT2D eigenvalue weighted by molar-refractivity contribution is 0.102. The number of halogens is 1. The second-order valence-electron chi connectivity index (χ2n) is 7.71. The molecule has 0 atom stereocenters. The molecule has 0 bridgehead atoms. The van der Waals surface area contributed by atoms with Gasteiger partial charge in [-0.3, -0.25) is 9.48 Å². The Bertz CT molecular complexity index is 1230. The lowest BCUT2D eigenvalue weighted by Gasteiger charge is -2.35. The second kappa shape index (κ2) is 8.93. The third-order valence-corrected chi connectivity index (χ3v) is 7.42. The first-order valence-electron chi connectivity index (χ1n) is 10.2. The number of rotatable bonds is 5. The van der Waals surface area contributed by atoms with Gasteiger partial charge in [0.05, 0.1) is 5.56 Å². The number of carbonyl (C=O) groups is 1. The van der Waals surface area contributed by atoms with E-state index < -0.39 is 15.9 Å². The lowest BCUT2D eigenvalue weighted by Crippen LogP contribution is -2.49. The van der Waals surface area contributed by atoms with Gasteiger partial charge in [-0.15, -0.1) is 0 Å². The summed E-state index contributed by atoms with van der Waals surface area (Å²) in [5.41, 5.74) is 2.61. The van der Waals surface area contributed by atoms with Crippen LogP contribution in [0.2, 0.25) is 5.02 Å². The van der Waals surface area contributed by atoms with Crippen LogP contribution >= 0.6 is 11.6 Å². The first-order valence-corrected chi connectivity index (χ1v) is 12.0. The number of amides is 1. The van der Waals surface area contributed by atoms with Crippen LogP contribution in [0.3, 0.4) is 0 Å². The van der Waals surface area contributed by atoms with Crippen molar-refractivity contribution in [2.24, 2.45) is 7.05 Å². The Hall–Kier alpha value is -2.88. The maximum Gasteiger partial charge on any atom is 0.263 e. The first kappa shape index (κ1) is 22.3. The average molecular weight is 474 g/mol. The number of carbonyl (C=O) groups excluding carboxylic acids is 1. The number of aryl methyl sites for hydroxylation is 2. The summed E-state index contributed by atoms with van der Waals surface area (Å²) in [5, 5.41) is 7.27. The van der Waals surface area contributed by atoms with Crippen LogP contribution < -0.4 is 10.2 Å². The van der Waals surface area contributed by atoms with Crippen LogP contribution in [0.25, 0.3) is 0 Å². The molecule has 1 fully saturated rings. The first-order chi connectivity index (χ1) is 15.2. The Morgan fingerprint density at radius 1 is 1.06 bits per heavy atom. The van der Waals surface area contributed by atoms with E-state index in [0.717, 1.165) is 11.3 Å². The van der Waals surface area contributed by atoms with Crippen molar-refractivity contribution in [2.45, 2.75) is 11.9 Å². The van der Waals surface area contributed by atoms with Crippen molar-refractivity contribution in [3.8, 4) is 0 Å². The largest absolute Gasteiger partial charge is 0.369 e. The molecule has 1 aromatic heterocycles. The zero-order valence-electron chi connectivity index (χ0n) is 17.8. The summed E-state index contributed by atoms with van der Waals surface area (Å²) >= 11 is 6.08. The van der Waals surface area contributed by atoms with Gasteiger partial charge in [0.1, 0.15) is 0 Å². The van der Waals surface area contributed by atoms with E-state index in [-0.39, 0.29) is 23.7 Å². The van der Waals surface area contributed by atoms with Crippen LogP contribution in [0.4, 0.5) is 11.4 Å². The third-order valence-electron chi connectivity index (χ3n) is 5.35. The summed E-state index contributed by atoms with van der Waals surface area (Å²) in [5.74, 6) is -0.516. The maximum absolute atomic E-state index is 13.4. The molecule has 1 aliphatic rings. The van der Waals surface area contributed by atoms with Crippen molar-refractivity contribution < 1.29 is 13.2 Å². The second-order valence-corrected chi connectivity index (χ2v) is 10.0. The normalized spacial score (nSPS) is 15.0. The summed E-state index contributed by atoms with van der Waals surface area (Å²) < 4.78 is 29.4. The quantitative estimate of drug-likeness (QED) is 0.615. The minimum atomic E-state index is -3.94. The summed E-state index contributed by atoms with van der Waals surface area (Å²) in [4.78, 5) is 14.9. The van der Waals surface area contributed by atoms with Gasteiger partial charge in [-0.2, -0.15) is 9.40 Å². The van der Waals surface area contributed by atoms with Crippen molar-refractivity contribution >= 4 is 38.9 Å². The van der Waals surface area contributed by atoms with E-state index in [2.05, 4.69) is 15.3 Å². The van der Waals surface area contributed by atoms with Crippen molar-refractivity contribution in [3.05, 3.63) is 70.9 Å². The highest BCUT2D eigenvalue weighted by molar-refractivity contribution is 7.89. The van der Waals surface area contributed by atoms with Gasteiger partial charge < -0.3 is 10.2 Å². The minimum absolute atomic E-state index is 0.0188. The van der Waals surface area contributed by atoms with Crippen LogP contribution in [-0.4, -0.2) is 54.6 Å². The number of piperazine rings is 1. The fourth-order valence-electron chi connectivity index (χ4n) is 3.63. The van der Waals surface area contributed by atoms with Crippen molar-refractivity contribution in [1.82, 2.24) is 14.1 Å². The topological polar surface area (TPSA) is 87.5 Å². The van der Waals surface area contributed by atoms with Crippen LogP contribution in [-0.2, 0) is 17.1 Å². The Labute approximate surface area is 192 Å². The molecule has 8 nitrogen and oxygen atoms in total. The fraction of sp³-hybridized carbons (Fsp3) is 0.273. The Morgan fingerprint density at radius 3 is 2.41 bits per heavy atom. The number of nitrogens with zero attached hydrogens (tertiary/aromatic N) is 4. The van der Waals surface area contributed by atoms with Gasteiger partial charge in [0.2, 0.25) is 5.03 Å². The Balaban J connectivity index is 1.52. The molecule has 0 aliphatic carbocycles. The SMILES string of the molecule is Cc1ccc(NC(=O)c2cn(C)nc2S(=O)(=O)N2CCN(c3cccc(Cl)c3)CC2)cc1. The monoisotopic (exact) mass is 473 g/mol. The Kier molecular flexibility index (Phi) is 6.23. The molecule has 168 valence electrons. The van der Waals surface area contributed by atoms with Gasteiger partial charge in [-0.25, -0.2) is 8.42 Å². The van der Waals surface area contributed by atoms with Gasteiger partial charge in [-0.05, 0) is 37.3 Å². The molecular weight excluding hydrogens is 450 g/mol. The molecule has 1 aliphatic heterocycles. The molecule has 0 saturated carbocycles. The Morgan fingerprint density at radius 2 is 1.75 bits per heavy atom. The predicted octanol–water partition coefficient (Wildman–Crippen LogP) is 3.15. The molecular formula is C22H24ClN5O3S.